The molecule has 1 nitrogen and oxygen atoms in total. The highest BCUT2D eigenvalue weighted by atomic mass is 35.5. The number of rotatable bonds is 4. The van der Waals surface area contributed by atoms with Crippen molar-refractivity contribution in [3.63, 3.8) is 0 Å². The van der Waals surface area contributed by atoms with Crippen molar-refractivity contribution in [1.29, 1.82) is 0 Å². The Morgan fingerprint density at radius 3 is 1.70 bits per heavy atom. The van der Waals surface area contributed by atoms with Gasteiger partial charge in [0.25, 0.3) is 0 Å². The number of halogens is 1. The van der Waals surface area contributed by atoms with Crippen LogP contribution in [0, 0.1) is 11.8 Å². The average Bonchev–Trinajstić information content (AvgIpc) is 2.53. The zero-order valence-corrected chi connectivity index (χ0v) is 15.1. The van der Waals surface area contributed by atoms with Crippen LogP contribution in [-0.2, 0) is 0 Å². The monoisotopic (exact) mass is 326 g/mol. The van der Waals surface area contributed by atoms with E-state index in [1.54, 1.807) is 0 Å². The van der Waals surface area contributed by atoms with Crippen molar-refractivity contribution in [3.8, 4) is 11.8 Å². The van der Waals surface area contributed by atoms with Gasteiger partial charge >= 0.3 is 0 Å². The molecule has 0 saturated carbocycles. The lowest BCUT2D eigenvalue weighted by atomic mass is 9.88. The molecule has 0 aliphatic heterocycles. The molecule has 0 unspecified atom stereocenters. The third kappa shape index (κ3) is 5.43. The lowest BCUT2D eigenvalue weighted by Gasteiger charge is -2.26. The van der Waals surface area contributed by atoms with Crippen molar-refractivity contribution in [2.75, 3.05) is 14.1 Å². The van der Waals surface area contributed by atoms with Crippen molar-refractivity contribution in [2.24, 2.45) is 0 Å². The Balaban J connectivity index is 0.00000264. The maximum atomic E-state index is 3.41. The SMILES string of the molecule is CN(C)C(C)(C)C#CCC(c1ccccc1)c1ccccc1.[Cl-]. The summed E-state index contributed by atoms with van der Waals surface area (Å²) in [6.07, 6.45) is 0.839. The fourth-order valence-corrected chi connectivity index (χ4v) is 2.28. The summed E-state index contributed by atoms with van der Waals surface area (Å²) < 4.78 is 0. The quantitative estimate of drug-likeness (QED) is 0.771. The Kier molecular flexibility index (Phi) is 7.36. The van der Waals surface area contributed by atoms with Gasteiger partial charge in [-0.1, -0.05) is 66.6 Å². The minimum absolute atomic E-state index is 0. The van der Waals surface area contributed by atoms with E-state index in [0.29, 0.717) is 5.92 Å². The zero-order chi connectivity index (χ0) is 16.0. The van der Waals surface area contributed by atoms with E-state index in [-0.39, 0.29) is 17.9 Å². The molecule has 2 heteroatoms. The van der Waals surface area contributed by atoms with E-state index in [4.69, 9.17) is 0 Å². The first-order valence-electron chi connectivity index (χ1n) is 7.78. The molecule has 0 bridgehead atoms. The number of hydrogen-bond donors (Lipinski definition) is 0. The molecule has 0 aliphatic carbocycles. The van der Waals surface area contributed by atoms with E-state index in [1.165, 1.54) is 11.1 Å². The summed E-state index contributed by atoms with van der Waals surface area (Å²) in [6.45, 7) is 4.31. The number of nitrogens with zero attached hydrogens (tertiary/aromatic N) is 1. The second kappa shape index (κ2) is 8.77. The fraction of sp³-hybridized carbons (Fsp3) is 0.333. The van der Waals surface area contributed by atoms with Crippen molar-refractivity contribution >= 4 is 0 Å². The first-order chi connectivity index (χ1) is 10.5. The highest BCUT2D eigenvalue weighted by Crippen LogP contribution is 2.27. The third-order valence-electron chi connectivity index (χ3n) is 4.22. The normalized spacial score (nSPS) is 10.9. The molecule has 0 atom stereocenters. The van der Waals surface area contributed by atoms with Gasteiger partial charge in [0.05, 0.1) is 5.54 Å². The highest BCUT2D eigenvalue weighted by molar-refractivity contribution is 5.34. The molecule has 23 heavy (non-hydrogen) atoms. The van der Waals surface area contributed by atoms with E-state index in [1.807, 2.05) is 0 Å². The van der Waals surface area contributed by atoms with Crippen LogP contribution in [0.2, 0.25) is 0 Å². The van der Waals surface area contributed by atoms with Crippen LogP contribution in [-0.4, -0.2) is 24.5 Å². The van der Waals surface area contributed by atoms with Gasteiger partial charge in [-0.3, -0.25) is 4.90 Å². The van der Waals surface area contributed by atoms with Crippen LogP contribution in [0.5, 0.6) is 0 Å². The van der Waals surface area contributed by atoms with E-state index in [2.05, 4.69) is 105 Å². The number of hydrogen-bond acceptors (Lipinski definition) is 1. The molecule has 2 aromatic rings. The van der Waals surface area contributed by atoms with Gasteiger partial charge in [-0.15, -0.1) is 5.92 Å². The lowest BCUT2D eigenvalue weighted by molar-refractivity contribution is -0.00000484. The van der Waals surface area contributed by atoms with E-state index < -0.39 is 0 Å². The summed E-state index contributed by atoms with van der Waals surface area (Å²) in [5.41, 5.74) is 2.55. The van der Waals surface area contributed by atoms with Gasteiger partial charge in [-0.25, -0.2) is 0 Å². The second-order valence-electron chi connectivity index (χ2n) is 6.33. The molecule has 122 valence electrons. The van der Waals surface area contributed by atoms with Crippen LogP contribution in [0.25, 0.3) is 0 Å². The van der Waals surface area contributed by atoms with Gasteiger partial charge in [0.2, 0.25) is 0 Å². The van der Waals surface area contributed by atoms with Crippen molar-refractivity contribution in [3.05, 3.63) is 71.8 Å². The lowest BCUT2D eigenvalue weighted by Crippen LogP contribution is -3.00. The molecule has 2 rings (SSSR count). The van der Waals surface area contributed by atoms with E-state index in [0.717, 1.165) is 6.42 Å². The van der Waals surface area contributed by atoms with Crippen LogP contribution in [0.3, 0.4) is 0 Å². The van der Waals surface area contributed by atoms with Gasteiger partial charge in [-0.05, 0) is 39.1 Å². The molecular formula is C21H25ClN-. The molecule has 0 radical (unpaired) electrons. The Hall–Kier alpha value is -1.75. The van der Waals surface area contributed by atoms with Crippen LogP contribution in [0.15, 0.2) is 60.7 Å². The predicted molar refractivity (Wildman–Crippen MR) is 94.9 cm³/mol. The average molecular weight is 327 g/mol. The van der Waals surface area contributed by atoms with Gasteiger partial charge in [0, 0.05) is 12.3 Å². The van der Waals surface area contributed by atoms with Crippen LogP contribution < -0.4 is 12.4 Å². The Bertz CT molecular complexity index is 596. The summed E-state index contributed by atoms with van der Waals surface area (Å²) in [5.74, 6) is 7.14. The molecule has 2 aromatic carbocycles. The predicted octanol–water partition coefficient (Wildman–Crippen LogP) is 1.56. The summed E-state index contributed by atoms with van der Waals surface area (Å²) in [5, 5.41) is 0. The minimum Gasteiger partial charge on any atom is -1.00 e. The summed E-state index contributed by atoms with van der Waals surface area (Å²) in [7, 11) is 4.14. The molecule has 0 amide bonds. The summed E-state index contributed by atoms with van der Waals surface area (Å²) in [4.78, 5) is 2.15. The number of benzene rings is 2. The van der Waals surface area contributed by atoms with Crippen molar-refractivity contribution < 1.29 is 12.4 Å². The first-order valence-corrected chi connectivity index (χ1v) is 7.78. The van der Waals surface area contributed by atoms with Gasteiger partial charge in [0.15, 0.2) is 0 Å². The fourth-order valence-electron chi connectivity index (χ4n) is 2.28. The second-order valence-corrected chi connectivity index (χ2v) is 6.33. The standard InChI is InChI=1S/C21H25N.ClH/c1-21(2,22(3)4)17-11-16-20(18-12-7-5-8-13-18)19-14-9-6-10-15-19;/h5-10,12-15,20H,16H2,1-4H3;1H/p-1. The highest BCUT2D eigenvalue weighted by Gasteiger charge is 2.17. The van der Waals surface area contributed by atoms with E-state index in [9.17, 15) is 0 Å². The Labute approximate surface area is 147 Å². The maximum absolute atomic E-state index is 3.41. The van der Waals surface area contributed by atoms with Gasteiger partial charge in [0.1, 0.15) is 0 Å². The molecule has 0 heterocycles. The zero-order valence-electron chi connectivity index (χ0n) is 14.4. The van der Waals surface area contributed by atoms with Crippen molar-refractivity contribution in [1.82, 2.24) is 4.90 Å². The Morgan fingerprint density at radius 2 is 1.30 bits per heavy atom. The topological polar surface area (TPSA) is 3.24 Å². The molecule has 0 fully saturated rings. The molecule has 0 saturated heterocycles. The van der Waals surface area contributed by atoms with Gasteiger partial charge < -0.3 is 12.4 Å². The Morgan fingerprint density at radius 1 is 0.870 bits per heavy atom. The van der Waals surface area contributed by atoms with E-state index >= 15 is 0 Å². The largest absolute Gasteiger partial charge is 1.00 e. The molecule has 0 spiro atoms. The molecule has 0 N–H and O–H groups in total. The third-order valence-corrected chi connectivity index (χ3v) is 4.22. The summed E-state index contributed by atoms with van der Waals surface area (Å²) in [6, 6.07) is 21.3. The van der Waals surface area contributed by atoms with Crippen LogP contribution >= 0.6 is 0 Å². The van der Waals surface area contributed by atoms with Gasteiger partial charge in [-0.2, -0.15) is 0 Å². The van der Waals surface area contributed by atoms with Crippen LogP contribution in [0.1, 0.15) is 37.3 Å². The molecule has 0 aromatic heterocycles. The smallest absolute Gasteiger partial charge is 0.0763 e. The van der Waals surface area contributed by atoms with Crippen LogP contribution in [0.4, 0.5) is 0 Å². The minimum atomic E-state index is -0.0993. The first kappa shape index (κ1) is 19.3. The van der Waals surface area contributed by atoms with Crippen molar-refractivity contribution in [2.45, 2.75) is 31.7 Å². The molecular weight excluding hydrogens is 302 g/mol. The molecule has 0 aliphatic rings. The maximum Gasteiger partial charge on any atom is 0.0763 e. The summed E-state index contributed by atoms with van der Waals surface area (Å²) >= 11 is 0.